The van der Waals surface area contributed by atoms with Crippen molar-refractivity contribution in [3.63, 3.8) is 0 Å². The number of hydrogen-bond acceptors (Lipinski definition) is 2. The van der Waals surface area contributed by atoms with Crippen LogP contribution in [0, 0.1) is 0 Å². The Hall–Kier alpha value is 1.16. The molecule has 4 heteroatoms. The Kier molecular flexibility index (Phi) is 24.6. The van der Waals surface area contributed by atoms with E-state index in [1.54, 1.807) is 0 Å². The normalized spacial score (nSPS) is 10.2. The molecule has 0 aliphatic rings. The van der Waals surface area contributed by atoms with Gasteiger partial charge < -0.3 is 4.74 Å². The van der Waals surface area contributed by atoms with Crippen molar-refractivity contribution >= 4 is 29.2 Å². The van der Waals surface area contributed by atoms with E-state index in [1.165, 1.54) is 83.5 Å². The Labute approximate surface area is 163 Å². The van der Waals surface area contributed by atoms with Gasteiger partial charge in [0.15, 0.2) is 0 Å². The first-order valence-corrected chi connectivity index (χ1v) is 9.48. The van der Waals surface area contributed by atoms with Gasteiger partial charge in [-0.2, -0.15) is 0 Å². The predicted octanol–water partition coefficient (Wildman–Crippen LogP) is 6.70. The van der Waals surface area contributed by atoms with Crippen molar-refractivity contribution in [2.45, 2.75) is 96.8 Å². The van der Waals surface area contributed by atoms with E-state index in [9.17, 15) is 0 Å². The van der Waals surface area contributed by atoms with Gasteiger partial charge in [0.05, 0.1) is 6.61 Å². The first-order valence-electron chi connectivity index (χ1n) is 8.63. The van der Waals surface area contributed by atoms with Crippen LogP contribution in [0.5, 0.6) is 0 Å². The molecule has 0 fully saturated rings. The molecule has 0 saturated heterocycles. The molecule has 0 saturated carbocycles. The maximum atomic E-state index is 5.14. The number of thiocarbonyl (C=S) groups is 1. The molecule has 0 aromatic carbocycles. The van der Waals surface area contributed by atoms with Crippen LogP contribution in [0.1, 0.15) is 96.8 Å². The summed E-state index contributed by atoms with van der Waals surface area (Å²) < 4.78 is 5.52. The van der Waals surface area contributed by atoms with Crippen LogP contribution >= 0.6 is 24.8 Å². The van der Waals surface area contributed by atoms with E-state index < -0.39 is 0 Å². The summed E-state index contributed by atoms with van der Waals surface area (Å²) in [6.07, 6.45) is 19.4. The molecule has 0 aromatic rings. The van der Waals surface area contributed by atoms with Gasteiger partial charge in [-0.15, -0.1) is 0 Å². The van der Waals surface area contributed by atoms with Crippen LogP contribution in [0.4, 0.5) is 0 Å². The zero-order chi connectivity index (χ0) is 14.9. The smallest absolute Gasteiger partial charge is 0.216 e. The fourth-order valence-corrected chi connectivity index (χ4v) is 2.63. The minimum Gasteiger partial charge on any atom is -0.479 e. The van der Waals surface area contributed by atoms with Crippen LogP contribution in [-0.2, 0) is 32.0 Å². The SMILES string of the molecule is CCCCCCCCCCCCCCCCOC(=S)S.[Cd]. The summed E-state index contributed by atoms with van der Waals surface area (Å²) in [5.74, 6) is 0. The Morgan fingerprint density at radius 1 is 0.714 bits per heavy atom. The Bertz CT molecular complexity index is 213. The molecule has 0 aliphatic carbocycles. The van der Waals surface area contributed by atoms with Crippen molar-refractivity contribution < 1.29 is 32.0 Å². The molecular weight excluding hydrogens is 397 g/mol. The van der Waals surface area contributed by atoms with Crippen molar-refractivity contribution in [1.29, 1.82) is 0 Å². The van der Waals surface area contributed by atoms with E-state index in [-0.39, 0.29) is 27.3 Å². The predicted molar refractivity (Wildman–Crippen MR) is 97.8 cm³/mol. The first-order chi connectivity index (χ1) is 9.77. The van der Waals surface area contributed by atoms with Gasteiger partial charge in [-0.3, -0.25) is 0 Å². The zero-order valence-electron chi connectivity index (χ0n) is 14.1. The maximum Gasteiger partial charge on any atom is 0.216 e. The summed E-state index contributed by atoms with van der Waals surface area (Å²) in [7, 11) is 0. The number of unbranched alkanes of at least 4 members (excludes halogenated alkanes) is 13. The summed E-state index contributed by atoms with van der Waals surface area (Å²) in [6.45, 7) is 3.02. The number of rotatable bonds is 15. The van der Waals surface area contributed by atoms with Gasteiger partial charge >= 0.3 is 0 Å². The largest absolute Gasteiger partial charge is 0.479 e. The van der Waals surface area contributed by atoms with Gasteiger partial charge in [-0.05, 0) is 18.6 Å². The quantitative estimate of drug-likeness (QED) is 0.134. The van der Waals surface area contributed by atoms with Crippen LogP contribution in [-0.4, -0.2) is 11.0 Å². The van der Waals surface area contributed by atoms with Gasteiger partial charge in [0, 0.05) is 27.3 Å². The summed E-state index contributed by atoms with van der Waals surface area (Å²) in [6, 6.07) is 0. The Morgan fingerprint density at radius 3 is 1.38 bits per heavy atom. The fraction of sp³-hybridized carbons (Fsp3) is 0.941. The molecule has 0 radical (unpaired) electrons. The molecule has 0 aliphatic heterocycles. The van der Waals surface area contributed by atoms with Crippen LogP contribution in [0.15, 0.2) is 0 Å². The molecular formula is C17H34CdOS2. The maximum absolute atomic E-state index is 5.14. The van der Waals surface area contributed by atoms with Gasteiger partial charge in [-0.1, -0.05) is 103 Å². The topological polar surface area (TPSA) is 9.23 Å². The molecule has 0 unspecified atom stereocenters. The molecule has 0 aromatic heterocycles. The number of thiol groups is 1. The first kappa shape index (κ1) is 24.4. The van der Waals surface area contributed by atoms with Crippen molar-refractivity contribution in [3.05, 3.63) is 0 Å². The second-order valence-corrected chi connectivity index (χ2v) is 6.79. The molecule has 0 N–H and O–H groups in total. The van der Waals surface area contributed by atoms with Crippen LogP contribution in [0.2, 0.25) is 0 Å². The number of ether oxygens (including phenoxy) is 1. The van der Waals surface area contributed by atoms with E-state index in [0.717, 1.165) is 13.0 Å². The Balaban J connectivity index is 0. The van der Waals surface area contributed by atoms with Crippen LogP contribution < -0.4 is 0 Å². The van der Waals surface area contributed by atoms with Gasteiger partial charge in [0.1, 0.15) is 0 Å². The molecule has 0 atom stereocenters. The molecule has 0 rings (SSSR count). The monoisotopic (exact) mass is 432 g/mol. The minimum absolute atomic E-state index is 0. The molecule has 0 amide bonds. The minimum atomic E-state index is 0. The molecule has 0 bridgehead atoms. The molecule has 1 nitrogen and oxygen atoms in total. The van der Waals surface area contributed by atoms with E-state index in [4.69, 9.17) is 17.0 Å². The third-order valence-electron chi connectivity index (χ3n) is 3.72. The number of hydrogen-bond donors (Lipinski definition) is 1. The van der Waals surface area contributed by atoms with E-state index in [1.807, 2.05) is 0 Å². The van der Waals surface area contributed by atoms with Gasteiger partial charge in [0.2, 0.25) is 4.38 Å². The summed E-state index contributed by atoms with van der Waals surface area (Å²) >= 11 is 8.67. The average molecular weight is 431 g/mol. The van der Waals surface area contributed by atoms with E-state index >= 15 is 0 Å². The van der Waals surface area contributed by atoms with Crippen LogP contribution in [0.25, 0.3) is 0 Å². The summed E-state index contributed by atoms with van der Waals surface area (Å²) in [4.78, 5) is 0. The standard InChI is InChI=1S/C17H34OS2.Cd/c1-2-3-4-5-6-7-8-9-10-11-12-13-14-15-16-18-17(19)20;/h2-16H2,1H3,(H,19,20);. The Morgan fingerprint density at radius 2 is 1.05 bits per heavy atom. The van der Waals surface area contributed by atoms with Gasteiger partial charge in [-0.25, -0.2) is 0 Å². The molecule has 0 spiro atoms. The average Bonchev–Trinajstić information content (AvgIpc) is 2.43. The summed E-state index contributed by atoms with van der Waals surface area (Å²) in [5.41, 5.74) is 0. The van der Waals surface area contributed by atoms with E-state index in [0.29, 0.717) is 4.38 Å². The molecule has 122 valence electrons. The van der Waals surface area contributed by atoms with Crippen LogP contribution in [0.3, 0.4) is 0 Å². The van der Waals surface area contributed by atoms with Crippen molar-refractivity contribution in [1.82, 2.24) is 0 Å². The molecule has 0 heterocycles. The third kappa shape index (κ3) is 23.6. The summed E-state index contributed by atoms with van der Waals surface area (Å²) in [5, 5.41) is 0. The van der Waals surface area contributed by atoms with E-state index in [2.05, 4.69) is 19.6 Å². The fourth-order valence-electron chi connectivity index (χ4n) is 2.46. The van der Waals surface area contributed by atoms with Crippen molar-refractivity contribution in [2.24, 2.45) is 0 Å². The second-order valence-electron chi connectivity index (χ2n) is 5.71. The van der Waals surface area contributed by atoms with Gasteiger partial charge in [0.25, 0.3) is 0 Å². The molecule has 21 heavy (non-hydrogen) atoms. The van der Waals surface area contributed by atoms with Crippen molar-refractivity contribution in [3.8, 4) is 0 Å². The van der Waals surface area contributed by atoms with Crippen molar-refractivity contribution in [2.75, 3.05) is 6.61 Å². The second kappa shape index (κ2) is 21.2. The zero-order valence-corrected chi connectivity index (χ0v) is 19.8. The third-order valence-corrected chi connectivity index (χ3v) is 3.97.